The van der Waals surface area contributed by atoms with Gasteiger partial charge in [0, 0.05) is 32.5 Å². The molecule has 7 nitrogen and oxygen atoms in total. The molecule has 0 spiro atoms. The zero-order chi connectivity index (χ0) is 21.3. The quantitative estimate of drug-likeness (QED) is 0.570. The zero-order valence-electron chi connectivity index (χ0n) is 18.5. The molecule has 0 saturated carbocycles. The van der Waals surface area contributed by atoms with Gasteiger partial charge in [-0.05, 0) is 58.1 Å². The van der Waals surface area contributed by atoms with Crippen molar-refractivity contribution >= 4 is 6.16 Å². The van der Waals surface area contributed by atoms with Crippen LogP contribution in [0.5, 0.6) is 11.5 Å². The number of hydroxylamine groups is 2. The second-order valence-electron chi connectivity index (χ2n) is 8.15. The Morgan fingerprint density at radius 2 is 1.66 bits per heavy atom. The van der Waals surface area contributed by atoms with Crippen molar-refractivity contribution in [2.24, 2.45) is 0 Å². The van der Waals surface area contributed by atoms with Crippen LogP contribution in [0.25, 0.3) is 0 Å². The molecule has 1 fully saturated rings. The van der Waals surface area contributed by atoms with Gasteiger partial charge in [0.15, 0.2) is 0 Å². The summed E-state index contributed by atoms with van der Waals surface area (Å²) >= 11 is 0. The highest BCUT2D eigenvalue weighted by molar-refractivity contribution is 5.60. The Balaban J connectivity index is 1.69. The van der Waals surface area contributed by atoms with E-state index in [1.54, 1.807) is 5.06 Å². The number of rotatable bonds is 9. The predicted molar refractivity (Wildman–Crippen MR) is 112 cm³/mol. The third-order valence-corrected chi connectivity index (χ3v) is 4.69. The van der Waals surface area contributed by atoms with Gasteiger partial charge < -0.3 is 23.9 Å². The number of piperidine rings is 1. The molecular weight excluding hydrogens is 372 g/mol. The Bertz CT molecular complexity index is 603. The number of likely N-dealkylation sites (N-methyl/N-ethyl adjacent to an activating group) is 1. The van der Waals surface area contributed by atoms with Crippen LogP contribution < -0.4 is 9.47 Å². The fourth-order valence-corrected chi connectivity index (χ4v) is 3.05. The van der Waals surface area contributed by atoms with Crippen molar-refractivity contribution in [1.82, 2.24) is 9.96 Å². The molecule has 2 rings (SSSR count). The normalized spacial score (nSPS) is 15.9. The average Bonchev–Trinajstić information content (AvgIpc) is 2.66. The Hall–Kier alpha value is -1.99. The SMILES string of the molecule is CCN(CC)CCOc1ccc(OC2CCN(OC(=O)OC(C)(C)C)CC2)cc1. The predicted octanol–water partition coefficient (Wildman–Crippen LogP) is 4.12. The molecule has 0 radical (unpaired) electrons. The minimum atomic E-state index is -0.659. The summed E-state index contributed by atoms with van der Waals surface area (Å²) in [5, 5.41) is 1.64. The molecular formula is C22H36N2O5. The number of benzene rings is 1. The first-order chi connectivity index (χ1) is 13.8. The Labute approximate surface area is 174 Å². The summed E-state index contributed by atoms with van der Waals surface area (Å²) in [6, 6.07) is 7.77. The molecule has 1 aliphatic heterocycles. The summed E-state index contributed by atoms with van der Waals surface area (Å²) < 4.78 is 17.0. The highest BCUT2D eigenvalue weighted by Crippen LogP contribution is 2.22. The Morgan fingerprint density at radius 1 is 1.07 bits per heavy atom. The maximum Gasteiger partial charge on any atom is 0.528 e. The van der Waals surface area contributed by atoms with Gasteiger partial charge in [0.25, 0.3) is 0 Å². The summed E-state index contributed by atoms with van der Waals surface area (Å²) in [6.45, 7) is 14.7. The zero-order valence-corrected chi connectivity index (χ0v) is 18.5. The maximum absolute atomic E-state index is 11.7. The summed E-state index contributed by atoms with van der Waals surface area (Å²) in [5.41, 5.74) is -0.556. The van der Waals surface area contributed by atoms with Gasteiger partial charge >= 0.3 is 6.16 Å². The Kier molecular flexibility index (Phi) is 9.04. The van der Waals surface area contributed by atoms with Crippen LogP contribution in [-0.4, -0.2) is 67.2 Å². The molecule has 0 atom stereocenters. The molecule has 1 aliphatic rings. The van der Waals surface area contributed by atoms with Gasteiger partial charge in [-0.1, -0.05) is 13.8 Å². The summed E-state index contributed by atoms with van der Waals surface area (Å²) in [4.78, 5) is 19.3. The summed E-state index contributed by atoms with van der Waals surface area (Å²) in [5.74, 6) is 1.68. The minimum absolute atomic E-state index is 0.0999. The van der Waals surface area contributed by atoms with E-state index in [1.807, 2.05) is 45.0 Å². The van der Waals surface area contributed by atoms with Gasteiger partial charge in [0.05, 0.1) is 0 Å². The van der Waals surface area contributed by atoms with Crippen LogP contribution in [0.4, 0.5) is 4.79 Å². The van der Waals surface area contributed by atoms with Crippen LogP contribution in [0.3, 0.4) is 0 Å². The van der Waals surface area contributed by atoms with E-state index in [4.69, 9.17) is 19.0 Å². The fourth-order valence-electron chi connectivity index (χ4n) is 3.05. The van der Waals surface area contributed by atoms with Crippen LogP contribution in [0.2, 0.25) is 0 Å². The standard InChI is InChI=1S/C22H36N2O5/c1-6-23(7-2)16-17-26-18-8-10-19(11-9-18)27-20-12-14-24(15-13-20)29-21(25)28-22(3,4)5/h8-11,20H,6-7,12-17H2,1-5H3. The van der Waals surface area contributed by atoms with Crippen molar-refractivity contribution in [2.75, 3.05) is 39.3 Å². The van der Waals surface area contributed by atoms with Crippen LogP contribution in [0.15, 0.2) is 24.3 Å². The molecule has 0 amide bonds. The van der Waals surface area contributed by atoms with Gasteiger partial charge in [-0.3, -0.25) is 0 Å². The van der Waals surface area contributed by atoms with Crippen molar-refractivity contribution in [3.8, 4) is 11.5 Å². The highest BCUT2D eigenvalue weighted by Gasteiger charge is 2.25. The second kappa shape index (κ2) is 11.3. The molecule has 0 unspecified atom stereocenters. The van der Waals surface area contributed by atoms with E-state index in [9.17, 15) is 4.79 Å². The molecule has 29 heavy (non-hydrogen) atoms. The van der Waals surface area contributed by atoms with E-state index in [0.717, 1.165) is 44.0 Å². The number of hydrogen-bond donors (Lipinski definition) is 0. The monoisotopic (exact) mass is 408 g/mol. The molecule has 1 aromatic carbocycles. The molecule has 1 saturated heterocycles. The molecule has 0 N–H and O–H groups in total. The van der Waals surface area contributed by atoms with Crippen molar-refractivity contribution in [1.29, 1.82) is 0 Å². The summed E-state index contributed by atoms with van der Waals surface area (Å²) in [7, 11) is 0. The lowest BCUT2D eigenvalue weighted by Crippen LogP contribution is -2.40. The number of ether oxygens (including phenoxy) is 3. The first-order valence-corrected chi connectivity index (χ1v) is 10.6. The Morgan fingerprint density at radius 3 is 2.21 bits per heavy atom. The van der Waals surface area contributed by atoms with Crippen molar-refractivity contribution in [3.63, 3.8) is 0 Å². The lowest BCUT2D eigenvalue weighted by molar-refractivity contribution is -0.158. The number of carbonyl (C=O) groups is 1. The lowest BCUT2D eigenvalue weighted by atomic mass is 10.1. The van der Waals surface area contributed by atoms with Crippen molar-refractivity contribution < 1.29 is 23.8 Å². The smallest absolute Gasteiger partial charge is 0.492 e. The first kappa shape index (κ1) is 23.3. The second-order valence-corrected chi connectivity index (χ2v) is 8.15. The van der Waals surface area contributed by atoms with Crippen molar-refractivity contribution in [2.45, 2.75) is 59.2 Å². The largest absolute Gasteiger partial charge is 0.528 e. The molecule has 1 heterocycles. The maximum atomic E-state index is 11.7. The van der Waals surface area contributed by atoms with Gasteiger partial charge in [-0.25, -0.2) is 4.79 Å². The lowest BCUT2D eigenvalue weighted by Gasteiger charge is -2.31. The van der Waals surface area contributed by atoms with Gasteiger partial charge in [-0.2, -0.15) is 0 Å². The molecule has 0 bridgehead atoms. The van der Waals surface area contributed by atoms with E-state index in [2.05, 4.69) is 18.7 Å². The third kappa shape index (κ3) is 8.92. The average molecular weight is 409 g/mol. The highest BCUT2D eigenvalue weighted by atomic mass is 16.8. The van der Waals surface area contributed by atoms with E-state index >= 15 is 0 Å². The molecule has 0 aromatic heterocycles. The van der Waals surface area contributed by atoms with Gasteiger partial charge in [0.1, 0.15) is 29.8 Å². The van der Waals surface area contributed by atoms with Gasteiger partial charge in [-0.15, -0.1) is 5.06 Å². The van der Waals surface area contributed by atoms with Crippen LogP contribution in [0, 0.1) is 0 Å². The third-order valence-electron chi connectivity index (χ3n) is 4.69. The number of nitrogens with zero attached hydrogens (tertiary/aromatic N) is 2. The number of hydrogen-bond acceptors (Lipinski definition) is 7. The van der Waals surface area contributed by atoms with E-state index in [0.29, 0.717) is 19.7 Å². The van der Waals surface area contributed by atoms with Gasteiger partial charge in [0.2, 0.25) is 0 Å². The minimum Gasteiger partial charge on any atom is -0.492 e. The molecule has 164 valence electrons. The van der Waals surface area contributed by atoms with Crippen LogP contribution in [-0.2, 0) is 9.57 Å². The van der Waals surface area contributed by atoms with Crippen LogP contribution in [0.1, 0.15) is 47.5 Å². The first-order valence-electron chi connectivity index (χ1n) is 10.6. The summed E-state index contributed by atoms with van der Waals surface area (Å²) in [6.07, 6.45) is 1.01. The fraction of sp³-hybridized carbons (Fsp3) is 0.682. The van der Waals surface area contributed by atoms with Crippen molar-refractivity contribution in [3.05, 3.63) is 24.3 Å². The van der Waals surface area contributed by atoms with E-state index in [-0.39, 0.29) is 6.10 Å². The van der Waals surface area contributed by atoms with Crippen LogP contribution >= 0.6 is 0 Å². The van der Waals surface area contributed by atoms with E-state index < -0.39 is 11.8 Å². The molecule has 0 aliphatic carbocycles. The molecule has 7 heteroatoms. The topological polar surface area (TPSA) is 60.5 Å². The van der Waals surface area contributed by atoms with E-state index in [1.165, 1.54) is 0 Å². The molecule has 1 aromatic rings. The number of carbonyl (C=O) groups excluding carboxylic acids is 1.